The van der Waals surface area contributed by atoms with Crippen LogP contribution in [0.5, 0.6) is 5.88 Å². The topological polar surface area (TPSA) is 59.1 Å². The fourth-order valence-electron chi connectivity index (χ4n) is 2.41. The van der Waals surface area contributed by atoms with Crippen LogP contribution >= 0.6 is 0 Å². The molecule has 0 bridgehead atoms. The molecule has 0 fully saturated rings. The molecule has 1 aromatic carbocycles. The van der Waals surface area contributed by atoms with E-state index in [-0.39, 0.29) is 6.10 Å². The molecule has 0 amide bonds. The standard InChI is InChI=1S/C16H20N4O/c1-11(2)21-16-9-15(18-10-19-16)20-13-5-6-14-12(8-13)4-3-7-17-14/h5-6,8-11,17H,3-4,7H2,1-2H3,(H,18,19,20). The number of aryl methyl sites for hydroxylation is 1. The van der Waals surface area contributed by atoms with E-state index in [9.17, 15) is 0 Å². The number of fused-ring (bicyclic) bond motifs is 1. The molecule has 0 radical (unpaired) electrons. The summed E-state index contributed by atoms with van der Waals surface area (Å²) in [6.45, 7) is 5.01. The van der Waals surface area contributed by atoms with Gasteiger partial charge in [-0.25, -0.2) is 9.97 Å². The highest BCUT2D eigenvalue weighted by molar-refractivity contribution is 5.64. The van der Waals surface area contributed by atoms with Crippen LogP contribution in [0.1, 0.15) is 25.8 Å². The number of hydrogen-bond acceptors (Lipinski definition) is 5. The molecule has 1 aromatic heterocycles. The normalized spacial score (nSPS) is 13.5. The number of benzene rings is 1. The lowest BCUT2D eigenvalue weighted by molar-refractivity contribution is 0.232. The fraction of sp³-hybridized carbons (Fsp3) is 0.375. The van der Waals surface area contributed by atoms with Crippen molar-refractivity contribution < 1.29 is 4.74 Å². The van der Waals surface area contributed by atoms with Gasteiger partial charge in [-0.3, -0.25) is 0 Å². The first-order chi connectivity index (χ1) is 10.2. The molecule has 5 heteroatoms. The van der Waals surface area contributed by atoms with Gasteiger partial charge in [0.1, 0.15) is 12.1 Å². The van der Waals surface area contributed by atoms with Crippen LogP contribution in [0, 0.1) is 0 Å². The number of hydrogen-bond donors (Lipinski definition) is 2. The molecule has 0 saturated heterocycles. The largest absolute Gasteiger partial charge is 0.475 e. The maximum absolute atomic E-state index is 5.58. The van der Waals surface area contributed by atoms with Crippen LogP contribution in [0.25, 0.3) is 0 Å². The van der Waals surface area contributed by atoms with Crippen molar-refractivity contribution in [1.29, 1.82) is 0 Å². The van der Waals surface area contributed by atoms with Crippen LogP contribution < -0.4 is 15.4 Å². The molecule has 2 N–H and O–H groups in total. The number of rotatable bonds is 4. The third-order valence-corrected chi connectivity index (χ3v) is 3.31. The smallest absolute Gasteiger partial charge is 0.218 e. The molecular weight excluding hydrogens is 264 g/mol. The van der Waals surface area contributed by atoms with E-state index in [2.05, 4.69) is 38.8 Å². The summed E-state index contributed by atoms with van der Waals surface area (Å²) in [7, 11) is 0. The van der Waals surface area contributed by atoms with E-state index in [0.717, 1.165) is 24.5 Å². The predicted octanol–water partition coefficient (Wildman–Crippen LogP) is 3.37. The second-order valence-corrected chi connectivity index (χ2v) is 5.44. The molecule has 0 aliphatic carbocycles. The summed E-state index contributed by atoms with van der Waals surface area (Å²) in [4.78, 5) is 8.34. The second kappa shape index (κ2) is 5.99. The number of nitrogens with zero attached hydrogens (tertiary/aromatic N) is 2. The van der Waals surface area contributed by atoms with Crippen molar-refractivity contribution in [2.45, 2.75) is 32.8 Å². The van der Waals surface area contributed by atoms with E-state index in [0.29, 0.717) is 5.88 Å². The molecule has 2 aromatic rings. The van der Waals surface area contributed by atoms with Crippen molar-refractivity contribution in [2.75, 3.05) is 17.2 Å². The zero-order valence-corrected chi connectivity index (χ0v) is 12.4. The average Bonchev–Trinajstić information content (AvgIpc) is 2.47. The summed E-state index contributed by atoms with van der Waals surface area (Å²) in [5.41, 5.74) is 3.61. The lowest BCUT2D eigenvalue weighted by Gasteiger charge is -2.19. The molecule has 0 spiro atoms. The van der Waals surface area contributed by atoms with Crippen molar-refractivity contribution in [1.82, 2.24) is 9.97 Å². The van der Waals surface area contributed by atoms with Crippen LogP contribution in [0.2, 0.25) is 0 Å². The molecule has 0 atom stereocenters. The van der Waals surface area contributed by atoms with Crippen LogP contribution in [0.3, 0.4) is 0 Å². The molecule has 3 rings (SSSR count). The van der Waals surface area contributed by atoms with Crippen LogP contribution in [0.4, 0.5) is 17.2 Å². The Kier molecular flexibility index (Phi) is 3.90. The molecule has 1 aliphatic rings. The van der Waals surface area contributed by atoms with Crippen LogP contribution in [-0.2, 0) is 6.42 Å². The Morgan fingerprint density at radius 2 is 2.14 bits per heavy atom. The second-order valence-electron chi connectivity index (χ2n) is 5.44. The van der Waals surface area contributed by atoms with Gasteiger partial charge >= 0.3 is 0 Å². The number of aromatic nitrogens is 2. The van der Waals surface area contributed by atoms with Gasteiger partial charge in [0.2, 0.25) is 5.88 Å². The predicted molar refractivity (Wildman–Crippen MR) is 84.3 cm³/mol. The molecule has 21 heavy (non-hydrogen) atoms. The third kappa shape index (κ3) is 3.42. The zero-order chi connectivity index (χ0) is 14.7. The van der Waals surface area contributed by atoms with E-state index in [1.807, 2.05) is 19.9 Å². The number of ether oxygens (including phenoxy) is 1. The van der Waals surface area contributed by atoms with E-state index >= 15 is 0 Å². The minimum Gasteiger partial charge on any atom is -0.475 e. The molecular formula is C16H20N4O. The maximum atomic E-state index is 5.58. The monoisotopic (exact) mass is 284 g/mol. The SMILES string of the molecule is CC(C)Oc1cc(Nc2ccc3c(c2)CCCN3)ncn1. The minimum absolute atomic E-state index is 0.0996. The van der Waals surface area contributed by atoms with Crippen molar-refractivity contribution in [3.63, 3.8) is 0 Å². The van der Waals surface area contributed by atoms with E-state index in [4.69, 9.17) is 4.74 Å². The average molecular weight is 284 g/mol. The summed E-state index contributed by atoms with van der Waals surface area (Å²) >= 11 is 0. The highest BCUT2D eigenvalue weighted by atomic mass is 16.5. The minimum atomic E-state index is 0.0996. The maximum Gasteiger partial charge on any atom is 0.218 e. The van der Waals surface area contributed by atoms with Gasteiger partial charge in [-0.1, -0.05) is 0 Å². The van der Waals surface area contributed by atoms with Crippen molar-refractivity contribution >= 4 is 17.2 Å². The van der Waals surface area contributed by atoms with E-state index in [1.165, 1.54) is 24.0 Å². The van der Waals surface area contributed by atoms with Crippen molar-refractivity contribution in [2.24, 2.45) is 0 Å². The van der Waals surface area contributed by atoms with Gasteiger partial charge in [-0.15, -0.1) is 0 Å². The lowest BCUT2D eigenvalue weighted by Crippen LogP contribution is -2.11. The summed E-state index contributed by atoms with van der Waals surface area (Å²) in [5, 5.41) is 6.72. The highest BCUT2D eigenvalue weighted by Gasteiger charge is 2.09. The Morgan fingerprint density at radius 1 is 1.24 bits per heavy atom. The van der Waals surface area contributed by atoms with Gasteiger partial charge in [-0.2, -0.15) is 0 Å². The lowest BCUT2D eigenvalue weighted by atomic mass is 10.0. The van der Waals surface area contributed by atoms with E-state index in [1.54, 1.807) is 0 Å². The van der Waals surface area contributed by atoms with Gasteiger partial charge in [0, 0.05) is 24.0 Å². The van der Waals surface area contributed by atoms with Gasteiger partial charge in [-0.05, 0) is 50.5 Å². The molecule has 110 valence electrons. The van der Waals surface area contributed by atoms with Crippen LogP contribution in [-0.4, -0.2) is 22.6 Å². The summed E-state index contributed by atoms with van der Waals surface area (Å²) in [5.74, 6) is 1.33. The Hall–Kier alpha value is -2.30. The first-order valence-corrected chi connectivity index (χ1v) is 7.33. The summed E-state index contributed by atoms with van der Waals surface area (Å²) in [6, 6.07) is 8.16. The molecule has 0 saturated carbocycles. The van der Waals surface area contributed by atoms with Crippen molar-refractivity contribution in [3.8, 4) is 5.88 Å². The van der Waals surface area contributed by atoms with Gasteiger partial charge in [0.05, 0.1) is 6.10 Å². The Morgan fingerprint density at radius 3 is 3.00 bits per heavy atom. The first kappa shape index (κ1) is 13.7. The number of nitrogens with one attached hydrogen (secondary N) is 2. The van der Waals surface area contributed by atoms with E-state index < -0.39 is 0 Å². The van der Waals surface area contributed by atoms with Crippen LogP contribution in [0.15, 0.2) is 30.6 Å². The molecule has 0 unspecified atom stereocenters. The first-order valence-electron chi connectivity index (χ1n) is 7.33. The third-order valence-electron chi connectivity index (χ3n) is 3.31. The summed E-state index contributed by atoms with van der Waals surface area (Å²) < 4.78 is 5.58. The van der Waals surface area contributed by atoms with Gasteiger partial charge < -0.3 is 15.4 Å². The van der Waals surface area contributed by atoms with Gasteiger partial charge in [0.25, 0.3) is 0 Å². The highest BCUT2D eigenvalue weighted by Crippen LogP contribution is 2.27. The Bertz CT molecular complexity index is 627. The Balaban J connectivity index is 1.77. The summed E-state index contributed by atoms with van der Waals surface area (Å²) in [6.07, 6.45) is 3.90. The zero-order valence-electron chi connectivity index (χ0n) is 12.4. The molecule has 1 aliphatic heterocycles. The Labute approximate surface area is 124 Å². The fourth-order valence-corrected chi connectivity index (χ4v) is 2.41. The molecule has 2 heterocycles. The molecule has 5 nitrogen and oxygen atoms in total. The number of anilines is 3. The van der Waals surface area contributed by atoms with Gasteiger partial charge in [0.15, 0.2) is 0 Å². The van der Waals surface area contributed by atoms with Crippen molar-refractivity contribution in [3.05, 3.63) is 36.2 Å². The quantitative estimate of drug-likeness (QED) is 0.901.